The quantitative estimate of drug-likeness (QED) is 0.241. The Balaban J connectivity index is 0.00000341. The summed E-state index contributed by atoms with van der Waals surface area (Å²) in [5, 5.41) is 6.64. The van der Waals surface area contributed by atoms with Gasteiger partial charge in [0.05, 0.1) is 13.7 Å². The van der Waals surface area contributed by atoms with Crippen LogP contribution in [0.3, 0.4) is 0 Å². The number of ether oxygens (including phenoxy) is 2. The van der Waals surface area contributed by atoms with Crippen LogP contribution in [0.2, 0.25) is 0 Å². The van der Waals surface area contributed by atoms with Crippen LogP contribution in [0.25, 0.3) is 0 Å². The van der Waals surface area contributed by atoms with Crippen LogP contribution in [0.5, 0.6) is 11.6 Å². The zero-order chi connectivity index (χ0) is 21.0. The van der Waals surface area contributed by atoms with Gasteiger partial charge in [0.2, 0.25) is 5.88 Å². The summed E-state index contributed by atoms with van der Waals surface area (Å²) >= 11 is 0. The van der Waals surface area contributed by atoms with Crippen LogP contribution in [0, 0.1) is 0 Å². The Labute approximate surface area is 201 Å². The number of nitrogens with one attached hydrogen (secondary N) is 2. The Morgan fingerprint density at radius 3 is 2.55 bits per heavy atom. The molecule has 7 heteroatoms. The van der Waals surface area contributed by atoms with E-state index in [0.29, 0.717) is 25.6 Å². The lowest BCUT2D eigenvalue weighted by molar-refractivity contribution is 0.290. The Bertz CT molecular complexity index is 951. The number of methoxy groups -OCH3 is 1. The maximum Gasteiger partial charge on any atom is 0.218 e. The number of aliphatic imine (C=N–C) groups is 1. The Morgan fingerprint density at radius 1 is 0.968 bits per heavy atom. The lowest BCUT2D eigenvalue weighted by atomic mass is 10.2. The smallest absolute Gasteiger partial charge is 0.218 e. The molecule has 0 aliphatic rings. The Hall–Kier alpha value is -2.81. The molecule has 0 saturated heterocycles. The fourth-order valence-corrected chi connectivity index (χ4v) is 2.88. The van der Waals surface area contributed by atoms with Gasteiger partial charge in [-0.15, -0.1) is 24.0 Å². The van der Waals surface area contributed by atoms with E-state index >= 15 is 0 Å². The highest BCUT2D eigenvalue weighted by atomic mass is 127. The summed E-state index contributed by atoms with van der Waals surface area (Å²) in [6.45, 7) is 4.41. The first-order valence-electron chi connectivity index (χ1n) is 10.0. The number of aromatic nitrogens is 1. The lowest BCUT2D eigenvalue weighted by Crippen LogP contribution is -2.36. The summed E-state index contributed by atoms with van der Waals surface area (Å²) in [6.07, 6.45) is 1.74. The standard InChI is InChI=1S/C24H28N4O2.HI/c1-3-25-24(27-16-20-11-7-13-22(15-20)29-2)28-17-21-12-8-14-26-23(21)30-18-19-9-5-4-6-10-19;/h4-15H,3,16-18H2,1-2H3,(H2,25,27,28);1H. The van der Waals surface area contributed by atoms with Gasteiger partial charge in [-0.3, -0.25) is 0 Å². The van der Waals surface area contributed by atoms with Gasteiger partial charge in [-0.1, -0.05) is 48.5 Å². The molecule has 0 spiro atoms. The fraction of sp³-hybridized carbons (Fsp3) is 0.250. The SMILES string of the molecule is CCNC(=NCc1cccc(OC)c1)NCc1cccnc1OCc1ccccc1.I. The molecule has 3 aromatic rings. The molecule has 0 bridgehead atoms. The molecule has 1 aromatic heterocycles. The first-order chi connectivity index (χ1) is 14.8. The molecule has 0 aliphatic heterocycles. The minimum Gasteiger partial charge on any atom is -0.497 e. The van der Waals surface area contributed by atoms with Gasteiger partial charge in [0.1, 0.15) is 12.4 Å². The summed E-state index contributed by atoms with van der Waals surface area (Å²) in [5.74, 6) is 2.19. The highest BCUT2D eigenvalue weighted by Gasteiger charge is 2.07. The molecule has 0 aliphatic carbocycles. The van der Waals surface area contributed by atoms with Crippen molar-refractivity contribution >= 4 is 29.9 Å². The van der Waals surface area contributed by atoms with Crippen molar-refractivity contribution in [3.05, 3.63) is 89.6 Å². The van der Waals surface area contributed by atoms with E-state index in [1.54, 1.807) is 13.3 Å². The van der Waals surface area contributed by atoms with Gasteiger partial charge in [-0.05, 0) is 36.2 Å². The predicted octanol–water partition coefficient (Wildman–Crippen LogP) is 4.54. The molecule has 0 fully saturated rings. The summed E-state index contributed by atoms with van der Waals surface area (Å²) in [6, 6.07) is 21.9. The molecule has 2 aromatic carbocycles. The second-order valence-corrected chi connectivity index (χ2v) is 6.64. The second kappa shape index (κ2) is 13.5. The molecule has 1 heterocycles. The molecular formula is C24H29IN4O2. The minimum absolute atomic E-state index is 0. The number of guanidine groups is 1. The molecule has 31 heavy (non-hydrogen) atoms. The number of rotatable bonds is 9. The maximum absolute atomic E-state index is 5.94. The highest BCUT2D eigenvalue weighted by Crippen LogP contribution is 2.16. The van der Waals surface area contributed by atoms with Gasteiger partial charge in [-0.2, -0.15) is 0 Å². The second-order valence-electron chi connectivity index (χ2n) is 6.64. The van der Waals surface area contributed by atoms with Crippen LogP contribution in [-0.4, -0.2) is 24.6 Å². The van der Waals surface area contributed by atoms with Crippen LogP contribution in [-0.2, 0) is 19.7 Å². The van der Waals surface area contributed by atoms with E-state index in [-0.39, 0.29) is 24.0 Å². The van der Waals surface area contributed by atoms with Crippen molar-refractivity contribution in [3.63, 3.8) is 0 Å². The molecular weight excluding hydrogens is 503 g/mol. The highest BCUT2D eigenvalue weighted by molar-refractivity contribution is 14.0. The van der Waals surface area contributed by atoms with Crippen molar-refractivity contribution in [3.8, 4) is 11.6 Å². The first-order valence-corrected chi connectivity index (χ1v) is 10.0. The molecule has 2 N–H and O–H groups in total. The van der Waals surface area contributed by atoms with Crippen molar-refractivity contribution in [2.75, 3.05) is 13.7 Å². The topological polar surface area (TPSA) is 67.8 Å². The number of hydrogen-bond donors (Lipinski definition) is 2. The third-order valence-corrected chi connectivity index (χ3v) is 4.41. The van der Waals surface area contributed by atoms with Crippen molar-refractivity contribution in [1.82, 2.24) is 15.6 Å². The maximum atomic E-state index is 5.94. The largest absolute Gasteiger partial charge is 0.497 e. The van der Waals surface area contributed by atoms with Crippen LogP contribution < -0.4 is 20.1 Å². The molecule has 0 saturated carbocycles. The number of pyridine rings is 1. The van der Waals surface area contributed by atoms with E-state index < -0.39 is 0 Å². The van der Waals surface area contributed by atoms with Gasteiger partial charge < -0.3 is 20.1 Å². The molecule has 0 amide bonds. The first kappa shape index (κ1) is 24.5. The van der Waals surface area contributed by atoms with Gasteiger partial charge >= 0.3 is 0 Å². The predicted molar refractivity (Wildman–Crippen MR) is 135 cm³/mol. The van der Waals surface area contributed by atoms with Crippen molar-refractivity contribution in [1.29, 1.82) is 0 Å². The van der Waals surface area contributed by atoms with E-state index in [4.69, 9.17) is 9.47 Å². The van der Waals surface area contributed by atoms with E-state index in [9.17, 15) is 0 Å². The van der Waals surface area contributed by atoms with Crippen LogP contribution in [0.4, 0.5) is 0 Å². The molecule has 6 nitrogen and oxygen atoms in total. The van der Waals surface area contributed by atoms with Crippen LogP contribution >= 0.6 is 24.0 Å². The monoisotopic (exact) mass is 532 g/mol. The average molecular weight is 532 g/mol. The zero-order valence-electron chi connectivity index (χ0n) is 17.9. The summed E-state index contributed by atoms with van der Waals surface area (Å²) in [5.41, 5.74) is 3.16. The van der Waals surface area contributed by atoms with E-state index in [2.05, 4.69) is 20.6 Å². The van der Waals surface area contributed by atoms with E-state index in [1.165, 1.54) is 0 Å². The van der Waals surface area contributed by atoms with Crippen LogP contribution in [0.1, 0.15) is 23.6 Å². The van der Waals surface area contributed by atoms with E-state index in [1.807, 2.05) is 73.7 Å². The van der Waals surface area contributed by atoms with Gasteiger partial charge in [-0.25, -0.2) is 9.98 Å². The van der Waals surface area contributed by atoms with Crippen LogP contribution in [0.15, 0.2) is 77.9 Å². The van der Waals surface area contributed by atoms with Gasteiger partial charge in [0.15, 0.2) is 5.96 Å². The number of benzene rings is 2. The fourth-order valence-electron chi connectivity index (χ4n) is 2.88. The number of halogens is 1. The van der Waals surface area contributed by atoms with Crippen molar-refractivity contribution in [2.45, 2.75) is 26.6 Å². The van der Waals surface area contributed by atoms with Crippen molar-refractivity contribution < 1.29 is 9.47 Å². The lowest BCUT2D eigenvalue weighted by Gasteiger charge is -2.14. The third kappa shape index (κ3) is 8.09. The molecule has 3 rings (SSSR count). The van der Waals surface area contributed by atoms with Gasteiger partial charge in [0.25, 0.3) is 0 Å². The molecule has 0 atom stereocenters. The summed E-state index contributed by atoms with van der Waals surface area (Å²) in [7, 11) is 1.67. The number of hydrogen-bond acceptors (Lipinski definition) is 4. The van der Waals surface area contributed by atoms with Gasteiger partial charge in [0, 0.05) is 24.8 Å². The minimum atomic E-state index is 0. The average Bonchev–Trinajstić information content (AvgIpc) is 2.81. The molecule has 0 radical (unpaired) electrons. The zero-order valence-corrected chi connectivity index (χ0v) is 20.2. The Morgan fingerprint density at radius 2 is 1.77 bits per heavy atom. The molecule has 164 valence electrons. The summed E-state index contributed by atoms with van der Waals surface area (Å²) < 4.78 is 11.2. The van der Waals surface area contributed by atoms with Crippen molar-refractivity contribution in [2.24, 2.45) is 4.99 Å². The third-order valence-electron chi connectivity index (χ3n) is 4.41. The Kier molecular flexibility index (Phi) is 10.6. The molecule has 0 unspecified atom stereocenters. The normalized spacial score (nSPS) is 10.7. The summed E-state index contributed by atoms with van der Waals surface area (Å²) in [4.78, 5) is 9.07. The van der Waals surface area contributed by atoms with E-state index in [0.717, 1.165) is 34.9 Å². The number of nitrogens with zero attached hydrogens (tertiary/aromatic N) is 2.